The topological polar surface area (TPSA) is 88.9 Å². The predicted octanol–water partition coefficient (Wildman–Crippen LogP) is 4.11. The van der Waals surface area contributed by atoms with Crippen LogP contribution >= 0.6 is 27.7 Å². The molecule has 2 aromatic carbocycles. The van der Waals surface area contributed by atoms with Gasteiger partial charge in [-0.3, -0.25) is 9.59 Å². The Morgan fingerprint density at radius 1 is 1.17 bits per heavy atom. The predicted molar refractivity (Wildman–Crippen MR) is 122 cm³/mol. The van der Waals surface area contributed by atoms with E-state index in [9.17, 15) is 9.59 Å². The lowest BCUT2D eigenvalue weighted by Gasteiger charge is -2.13. The van der Waals surface area contributed by atoms with Crippen molar-refractivity contribution in [2.24, 2.45) is 7.05 Å². The van der Waals surface area contributed by atoms with Crippen molar-refractivity contribution in [2.45, 2.75) is 25.0 Å². The van der Waals surface area contributed by atoms with Crippen LogP contribution in [0.4, 0.5) is 5.69 Å². The first kappa shape index (κ1) is 22.0. The Morgan fingerprint density at radius 2 is 1.90 bits per heavy atom. The van der Waals surface area contributed by atoms with Gasteiger partial charge in [-0.2, -0.15) is 0 Å². The second kappa shape index (κ2) is 9.90. The quantitative estimate of drug-likeness (QED) is 0.489. The fourth-order valence-corrected chi connectivity index (χ4v) is 4.04. The van der Waals surface area contributed by atoms with E-state index in [0.717, 1.165) is 15.7 Å². The SMILES string of the molecule is Cc1cc(Br)ccc1NC(=O)CSc1nnc([C@@H](C)NC(=O)c2ccccc2)n1C. The number of carbonyl (C=O) groups is 2. The van der Waals surface area contributed by atoms with Gasteiger partial charge in [-0.1, -0.05) is 45.9 Å². The Hall–Kier alpha value is -2.65. The molecule has 3 rings (SSSR count). The third kappa shape index (κ3) is 5.48. The third-order valence-corrected chi connectivity index (χ3v) is 5.95. The standard InChI is InChI=1S/C21H22BrN5O2S/c1-13-11-16(22)9-10-17(13)24-18(28)12-30-21-26-25-19(27(21)3)14(2)23-20(29)15-7-5-4-6-8-15/h4-11,14H,12H2,1-3H3,(H,23,29)(H,24,28)/t14-/m1/s1. The molecule has 1 heterocycles. The van der Waals surface area contributed by atoms with Crippen LogP contribution in [0.1, 0.15) is 34.7 Å². The van der Waals surface area contributed by atoms with Crippen molar-refractivity contribution in [3.8, 4) is 0 Å². The van der Waals surface area contributed by atoms with Crippen molar-refractivity contribution in [2.75, 3.05) is 11.1 Å². The molecule has 3 aromatic rings. The zero-order chi connectivity index (χ0) is 21.7. The summed E-state index contributed by atoms with van der Waals surface area (Å²) < 4.78 is 2.76. The van der Waals surface area contributed by atoms with Crippen molar-refractivity contribution in [1.29, 1.82) is 0 Å². The van der Waals surface area contributed by atoms with E-state index < -0.39 is 0 Å². The number of aromatic nitrogens is 3. The van der Waals surface area contributed by atoms with Crippen LogP contribution in [0.5, 0.6) is 0 Å². The molecular formula is C21H22BrN5O2S. The summed E-state index contributed by atoms with van der Waals surface area (Å²) in [4.78, 5) is 24.7. The summed E-state index contributed by atoms with van der Waals surface area (Å²) in [5.74, 6) is 0.516. The van der Waals surface area contributed by atoms with Gasteiger partial charge in [0.05, 0.1) is 11.8 Å². The summed E-state index contributed by atoms with van der Waals surface area (Å²) in [6.07, 6.45) is 0. The van der Waals surface area contributed by atoms with Crippen LogP contribution in [-0.4, -0.2) is 32.3 Å². The van der Waals surface area contributed by atoms with Crippen molar-refractivity contribution in [3.05, 3.63) is 70.0 Å². The molecule has 30 heavy (non-hydrogen) atoms. The van der Waals surface area contributed by atoms with Crippen LogP contribution in [0.25, 0.3) is 0 Å². The molecule has 9 heteroatoms. The maximum Gasteiger partial charge on any atom is 0.251 e. The van der Waals surface area contributed by atoms with Gasteiger partial charge in [-0.15, -0.1) is 10.2 Å². The van der Waals surface area contributed by atoms with Crippen LogP contribution in [-0.2, 0) is 11.8 Å². The Bertz CT molecular complexity index is 1050. The van der Waals surface area contributed by atoms with Gasteiger partial charge in [0.2, 0.25) is 5.91 Å². The lowest BCUT2D eigenvalue weighted by molar-refractivity contribution is -0.113. The van der Waals surface area contributed by atoms with Gasteiger partial charge < -0.3 is 15.2 Å². The highest BCUT2D eigenvalue weighted by Gasteiger charge is 2.19. The highest BCUT2D eigenvalue weighted by atomic mass is 79.9. The molecule has 0 fully saturated rings. The number of anilines is 1. The molecule has 0 aliphatic heterocycles. The molecule has 2 amide bonds. The van der Waals surface area contributed by atoms with Crippen molar-refractivity contribution < 1.29 is 9.59 Å². The van der Waals surface area contributed by atoms with E-state index in [1.165, 1.54) is 11.8 Å². The van der Waals surface area contributed by atoms with E-state index in [2.05, 4.69) is 36.8 Å². The van der Waals surface area contributed by atoms with Gasteiger partial charge in [0.15, 0.2) is 11.0 Å². The van der Waals surface area contributed by atoms with E-state index >= 15 is 0 Å². The van der Waals surface area contributed by atoms with Gasteiger partial charge in [0.1, 0.15) is 0 Å². The van der Waals surface area contributed by atoms with Crippen LogP contribution in [0, 0.1) is 6.92 Å². The number of hydrogen-bond acceptors (Lipinski definition) is 5. The highest BCUT2D eigenvalue weighted by Crippen LogP contribution is 2.22. The largest absolute Gasteiger partial charge is 0.342 e. The van der Waals surface area contributed by atoms with Crippen LogP contribution < -0.4 is 10.6 Å². The summed E-state index contributed by atoms with van der Waals surface area (Å²) in [5, 5.41) is 14.8. The molecule has 0 aliphatic carbocycles. The maximum absolute atomic E-state index is 12.4. The van der Waals surface area contributed by atoms with E-state index in [0.29, 0.717) is 16.5 Å². The number of benzene rings is 2. The summed E-state index contributed by atoms with van der Waals surface area (Å²) in [6, 6.07) is 14.4. The van der Waals surface area contributed by atoms with Crippen LogP contribution in [0.2, 0.25) is 0 Å². The monoisotopic (exact) mass is 487 g/mol. The fraction of sp³-hybridized carbons (Fsp3) is 0.238. The average Bonchev–Trinajstić information content (AvgIpc) is 3.09. The van der Waals surface area contributed by atoms with Crippen molar-refractivity contribution in [1.82, 2.24) is 20.1 Å². The van der Waals surface area contributed by atoms with E-state index in [4.69, 9.17) is 0 Å². The first-order chi connectivity index (χ1) is 14.3. The van der Waals surface area contributed by atoms with Gasteiger partial charge in [-0.05, 0) is 49.7 Å². The zero-order valence-electron chi connectivity index (χ0n) is 16.8. The zero-order valence-corrected chi connectivity index (χ0v) is 19.3. The molecule has 0 saturated carbocycles. The number of rotatable bonds is 7. The first-order valence-electron chi connectivity index (χ1n) is 9.29. The summed E-state index contributed by atoms with van der Waals surface area (Å²) in [6.45, 7) is 3.79. The van der Waals surface area contributed by atoms with Crippen molar-refractivity contribution >= 4 is 45.2 Å². The third-order valence-electron chi connectivity index (χ3n) is 4.43. The number of hydrogen-bond donors (Lipinski definition) is 2. The van der Waals surface area contributed by atoms with Crippen LogP contribution in [0.3, 0.4) is 0 Å². The molecule has 7 nitrogen and oxygen atoms in total. The Kier molecular flexibility index (Phi) is 7.28. The van der Waals surface area contributed by atoms with Gasteiger partial charge >= 0.3 is 0 Å². The number of halogens is 1. The molecule has 0 aliphatic rings. The lowest BCUT2D eigenvalue weighted by atomic mass is 10.2. The summed E-state index contributed by atoms with van der Waals surface area (Å²) in [7, 11) is 1.82. The number of nitrogens with one attached hydrogen (secondary N) is 2. The number of nitrogens with zero attached hydrogens (tertiary/aromatic N) is 3. The molecule has 156 valence electrons. The Balaban J connectivity index is 1.58. The average molecular weight is 488 g/mol. The van der Waals surface area contributed by atoms with Gasteiger partial charge in [0, 0.05) is 22.8 Å². The minimum absolute atomic E-state index is 0.125. The molecule has 0 spiro atoms. The van der Waals surface area contributed by atoms with Crippen LogP contribution in [0.15, 0.2) is 58.2 Å². The second-order valence-electron chi connectivity index (χ2n) is 6.76. The second-order valence-corrected chi connectivity index (χ2v) is 8.62. The fourth-order valence-electron chi connectivity index (χ4n) is 2.85. The highest BCUT2D eigenvalue weighted by molar-refractivity contribution is 9.10. The number of amides is 2. The van der Waals surface area contributed by atoms with Crippen molar-refractivity contribution in [3.63, 3.8) is 0 Å². The molecule has 0 saturated heterocycles. The minimum atomic E-state index is -0.330. The molecule has 1 aromatic heterocycles. The van der Waals surface area contributed by atoms with E-state index in [1.54, 1.807) is 16.7 Å². The molecule has 0 radical (unpaired) electrons. The Morgan fingerprint density at radius 3 is 2.60 bits per heavy atom. The molecule has 0 bridgehead atoms. The number of carbonyl (C=O) groups excluding carboxylic acids is 2. The van der Waals surface area contributed by atoms with E-state index in [-0.39, 0.29) is 23.6 Å². The van der Waals surface area contributed by atoms with Gasteiger partial charge in [-0.25, -0.2) is 0 Å². The normalized spacial score (nSPS) is 11.7. The Labute approximate surface area is 187 Å². The molecule has 1 atom stereocenters. The molecule has 0 unspecified atom stereocenters. The smallest absolute Gasteiger partial charge is 0.251 e. The first-order valence-corrected chi connectivity index (χ1v) is 11.1. The number of thioether (sulfide) groups is 1. The number of aryl methyl sites for hydroxylation is 1. The summed E-state index contributed by atoms with van der Waals surface area (Å²) >= 11 is 4.70. The molecular weight excluding hydrogens is 466 g/mol. The summed E-state index contributed by atoms with van der Waals surface area (Å²) in [5.41, 5.74) is 2.34. The van der Waals surface area contributed by atoms with Gasteiger partial charge in [0.25, 0.3) is 5.91 Å². The molecule has 2 N–H and O–H groups in total. The minimum Gasteiger partial charge on any atom is -0.342 e. The maximum atomic E-state index is 12.4. The lowest BCUT2D eigenvalue weighted by Crippen LogP contribution is -2.28. The van der Waals surface area contributed by atoms with E-state index in [1.807, 2.05) is 57.3 Å².